The van der Waals surface area contributed by atoms with Gasteiger partial charge in [0.15, 0.2) is 0 Å². The largest absolute Gasteiger partial charge is 0.352 e. The second kappa shape index (κ2) is 8.86. The first-order chi connectivity index (χ1) is 14.2. The van der Waals surface area contributed by atoms with Crippen molar-refractivity contribution < 1.29 is 9.59 Å². The van der Waals surface area contributed by atoms with Crippen molar-refractivity contribution >= 4 is 22.8 Å². The molecule has 3 heterocycles. The molecule has 1 aromatic carbocycles. The highest BCUT2D eigenvalue weighted by molar-refractivity contribution is 5.93. The van der Waals surface area contributed by atoms with Crippen LogP contribution in [0.2, 0.25) is 0 Å². The number of carbonyl (C=O) groups excluding carboxylic acids is 2. The van der Waals surface area contributed by atoms with Gasteiger partial charge in [-0.1, -0.05) is 12.1 Å². The van der Waals surface area contributed by atoms with Crippen molar-refractivity contribution in [1.29, 1.82) is 0 Å². The Labute approximate surface area is 169 Å². The van der Waals surface area contributed by atoms with E-state index in [1.807, 2.05) is 33.7 Å². The van der Waals surface area contributed by atoms with E-state index in [-0.39, 0.29) is 18.4 Å². The van der Waals surface area contributed by atoms with E-state index in [0.29, 0.717) is 18.5 Å². The summed E-state index contributed by atoms with van der Waals surface area (Å²) >= 11 is 0. The van der Waals surface area contributed by atoms with Crippen LogP contribution in [0.25, 0.3) is 11.0 Å². The van der Waals surface area contributed by atoms with Crippen molar-refractivity contribution in [2.24, 2.45) is 0 Å². The number of carbonyl (C=O) groups is 2. The van der Waals surface area contributed by atoms with Crippen molar-refractivity contribution in [1.82, 2.24) is 24.8 Å². The Hall–Kier alpha value is -3.22. The van der Waals surface area contributed by atoms with E-state index in [1.54, 1.807) is 24.5 Å². The number of benzene rings is 1. The molecule has 1 N–H and O–H groups in total. The minimum atomic E-state index is -0.139. The summed E-state index contributed by atoms with van der Waals surface area (Å²) in [5.74, 6) is 0.806. The topological polar surface area (TPSA) is 80.1 Å². The molecule has 150 valence electrons. The number of hydrogen-bond donors (Lipinski definition) is 1. The minimum absolute atomic E-state index is 0.134. The zero-order valence-corrected chi connectivity index (χ0v) is 16.4. The molecule has 0 bridgehead atoms. The summed E-state index contributed by atoms with van der Waals surface area (Å²) in [4.78, 5) is 35.7. The number of para-hydroxylation sites is 2. The van der Waals surface area contributed by atoms with Gasteiger partial charge in [-0.25, -0.2) is 4.98 Å². The van der Waals surface area contributed by atoms with E-state index in [4.69, 9.17) is 4.98 Å². The fourth-order valence-electron chi connectivity index (χ4n) is 3.76. The average molecular weight is 391 g/mol. The van der Waals surface area contributed by atoms with Gasteiger partial charge in [-0.2, -0.15) is 0 Å². The summed E-state index contributed by atoms with van der Waals surface area (Å²) in [5.41, 5.74) is 2.40. The van der Waals surface area contributed by atoms with E-state index < -0.39 is 0 Å². The van der Waals surface area contributed by atoms with Crippen molar-refractivity contribution in [3.8, 4) is 0 Å². The number of fused-ring (bicyclic) bond motifs is 1. The lowest BCUT2D eigenvalue weighted by Crippen LogP contribution is -2.38. The van der Waals surface area contributed by atoms with Crippen LogP contribution in [0.1, 0.15) is 35.4 Å². The first kappa shape index (κ1) is 19.1. The average Bonchev–Trinajstić information content (AvgIpc) is 3.12. The maximum Gasteiger partial charge on any atom is 0.251 e. The molecule has 0 spiro atoms. The molecule has 29 heavy (non-hydrogen) atoms. The molecule has 0 unspecified atom stereocenters. The molecule has 3 aromatic rings. The third-order valence-corrected chi connectivity index (χ3v) is 5.31. The predicted octanol–water partition coefficient (Wildman–Crippen LogP) is 2.42. The van der Waals surface area contributed by atoms with Crippen LogP contribution in [0, 0.1) is 0 Å². The van der Waals surface area contributed by atoms with Gasteiger partial charge < -0.3 is 14.8 Å². The normalized spacial score (nSPS) is 14.1. The maximum absolute atomic E-state index is 12.8. The van der Waals surface area contributed by atoms with Gasteiger partial charge in [-0.15, -0.1) is 0 Å². The van der Waals surface area contributed by atoms with Crippen LogP contribution < -0.4 is 5.32 Å². The molecule has 1 fully saturated rings. The highest BCUT2D eigenvalue weighted by Crippen LogP contribution is 2.18. The van der Waals surface area contributed by atoms with Gasteiger partial charge in [-0.3, -0.25) is 14.6 Å². The third kappa shape index (κ3) is 4.45. The fraction of sp³-hybridized carbons (Fsp3) is 0.364. The van der Waals surface area contributed by atoms with Gasteiger partial charge in [0.1, 0.15) is 12.4 Å². The van der Waals surface area contributed by atoms with E-state index in [2.05, 4.69) is 10.3 Å². The monoisotopic (exact) mass is 391 g/mol. The molecule has 0 saturated carbocycles. The molecule has 7 heteroatoms. The fourth-order valence-corrected chi connectivity index (χ4v) is 3.76. The van der Waals surface area contributed by atoms with Crippen molar-refractivity contribution in [2.75, 3.05) is 19.6 Å². The Balaban J connectivity index is 1.47. The summed E-state index contributed by atoms with van der Waals surface area (Å²) in [5, 5.41) is 2.92. The van der Waals surface area contributed by atoms with Crippen LogP contribution in [-0.2, 0) is 17.8 Å². The maximum atomic E-state index is 12.8. The van der Waals surface area contributed by atoms with Gasteiger partial charge in [0, 0.05) is 44.0 Å². The lowest BCUT2D eigenvalue weighted by Gasteiger charge is -2.27. The molecule has 4 rings (SSSR count). The Morgan fingerprint density at radius 3 is 2.55 bits per heavy atom. The SMILES string of the molecule is O=C(NCCc1nc2ccccc2n1CC(=O)N1CCCCC1)c1ccncc1. The number of pyridine rings is 1. The number of piperidine rings is 1. The highest BCUT2D eigenvalue weighted by Gasteiger charge is 2.20. The second-order valence-corrected chi connectivity index (χ2v) is 7.29. The lowest BCUT2D eigenvalue weighted by atomic mass is 10.1. The number of hydrogen-bond acceptors (Lipinski definition) is 4. The molecule has 0 aliphatic carbocycles. The molecule has 2 aromatic heterocycles. The summed E-state index contributed by atoms with van der Waals surface area (Å²) < 4.78 is 1.99. The summed E-state index contributed by atoms with van der Waals surface area (Å²) in [7, 11) is 0. The van der Waals surface area contributed by atoms with Gasteiger partial charge in [0.05, 0.1) is 11.0 Å². The number of likely N-dealkylation sites (tertiary alicyclic amines) is 1. The zero-order chi connectivity index (χ0) is 20.1. The molecule has 1 saturated heterocycles. The van der Waals surface area contributed by atoms with Gasteiger partial charge >= 0.3 is 0 Å². The van der Waals surface area contributed by atoms with Crippen LogP contribution in [-0.4, -0.2) is 50.9 Å². The molecule has 0 radical (unpaired) electrons. The molecule has 7 nitrogen and oxygen atoms in total. The number of imidazole rings is 1. The summed E-state index contributed by atoms with van der Waals surface area (Å²) in [6.45, 7) is 2.40. The van der Waals surface area contributed by atoms with E-state index in [1.165, 1.54) is 6.42 Å². The number of amides is 2. The van der Waals surface area contributed by atoms with Crippen LogP contribution >= 0.6 is 0 Å². The van der Waals surface area contributed by atoms with E-state index >= 15 is 0 Å². The zero-order valence-electron chi connectivity index (χ0n) is 16.4. The summed E-state index contributed by atoms with van der Waals surface area (Å²) in [6.07, 6.45) is 7.09. The van der Waals surface area contributed by atoms with Crippen LogP contribution in [0.4, 0.5) is 0 Å². The quantitative estimate of drug-likeness (QED) is 0.700. The molecule has 2 amide bonds. The number of aromatic nitrogens is 3. The molecule has 1 aliphatic heterocycles. The van der Waals surface area contributed by atoms with Crippen molar-refractivity contribution in [2.45, 2.75) is 32.2 Å². The second-order valence-electron chi connectivity index (χ2n) is 7.29. The highest BCUT2D eigenvalue weighted by atomic mass is 16.2. The number of nitrogens with zero attached hydrogens (tertiary/aromatic N) is 4. The molecule has 0 atom stereocenters. The van der Waals surface area contributed by atoms with Crippen molar-refractivity contribution in [3.05, 3.63) is 60.2 Å². The number of rotatable bonds is 6. The Morgan fingerprint density at radius 2 is 1.76 bits per heavy atom. The smallest absolute Gasteiger partial charge is 0.251 e. The Kier molecular flexibility index (Phi) is 5.84. The summed E-state index contributed by atoms with van der Waals surface area (Å²) in [6, 6.07) is 11.2. The van der Waals surface area contributed by atoms with Gasteiger partial charge in [0.2, 0.25) is 5.91 Å². The predicted molar refractivity (Wildman–Crippen MR) is 110 cm³/mol. The minimum Gasteiger partial charge on any atom is -0.352 e. The van der Waals surface area contributed by atoms with Crippen molar-refractivity contribution in [3.63, 3.8) is 0 Å². The number of nitrogens with one attached hydrogen (secondary N) is 1. The molecular weight excluding hydrogens is 366 g/mol. The van der Waals surface area contributed by atoms with Crippen LogP contribution in [0.3, 0.4) is 0 Å². The van der Waals surface area contributed by atoms with Crippen LogP contribution in [0.5, 0.6) is 0 Å². The lowest BCUT2D eigenvalue weighted by molar-refractivity contribution is -0.132. The van der Waals surface area contributed by atoms with Gasteiger partial charge in [-0.05, 0) is 43.5 Å². The Morgan fingerprint density at radius 1 is 1.00 bits per heavy atom. The van der Waals surface area contributed by atoms with E-state index in [0.717, 1.165) is 42.8 Å². The molecule has 1 aliphatic rings. The van der Waals surface area contributed by atoms with Crippen LogP contribution in [0.15, 0.2) is 48.8 Å². The standard InChI is InChI=1S/C22H25N5O2/c28-21(26-14-4-1-5-15-26)16-27-19-7-3-2-6-18(19)25-20(27)10-13-24-22(29)17-8-11-23-12-9-17/h2-3,6-9,11-12H,1,4-5,10,13-16H2,(H,24,29). The Bertz CT molecular complexity index is 993. The van der Waals surface area contributed by atoms with Gasteiger partial charge in [0.25, 0.3) is 5.91 Å². The first-order valence-electron chi connectivity index (χ1n) is 10.1. The van der Waals surface area contributed by atoms with E-state index in [9.17, 15) is 9.59 Å². The molecular formula is C22H25N5O2. The third-order valence-electron chi connectivity index (χ3n) is 5.31. The first-order valence-corrected chi connectivity index (χ1v) is 10.1.